The molecule has 38 heavy (non-hydrogen) atoms. The van der Waals surface area contributed by atoms with Crippen LogP contribution < -0.4 is 4.74 Å². The molecule has 9 heteroatoms. The average molecular weight is 580 g/mol. The SMILES string of the molecule is COc1cccc([C@]2(O)CC[C@@H](N(Cc3ccccc3)S(=O)(=O)c3cccc(Cl)c3)C[C@H]2CN(C)C)c1.Cl. The van der Waals surface area contributed by atoms with E-state index in [1.165, 1.54) is 6.07 Å². The van der Waals surface area contributed by atoms with Gasteiger partial charge in [-0.25, -0.2) is 8.42 Å². The van der Waals surface area contributed by atoms with Gasteiger partial charge >= 0.3 is 0 Å². The summed E-state index contributed by atoms with van der Waals surface area (Å²) in [5, 5.41) is 12.4. The number of rotatable bonds is 9. The lowest BCUT2D eigenvalue weighted by atomic mass is 9.69. The van der Waals surface area contributed by atoms with Gasteiger partial charge in [-0.1, -0.05) is 60.1 Å². The Balaban J connectivity index is 0.00000400. The van der Waals surface area contributed by atoms with E-state index in [0.717, 1.165) is 11.1 Å². The van der Waals surface area contributed by atoms with Crippen molar-refractivity contribution in [3.05, 3.63) is 95.0 Å². The minimum Gasteiger partial charge on any atom is -0.497 e. The number of ether oxygens (including phenoxy) is 1. The molecule has 0 bridgehead atoms. The second kappa shape index (κ2) is 12.8. The summed E-state index contributed by atoms with van der Waals surface area (Å²) in [4.78, 5) is 2.22. The third kappa shape index (κ3) is 6.71. The van der Waals surface area contributed by atoms with Crippen molar-refractivity contribution in [3.8, 4) is 5.75 Å². The number of nitrogens with zero attached hydrogens (tertiary/aromatic N) is 2. The molecule has 0 aliphatic heterocycles. The van der Waals surface area contributed by atoms with E-state index in [1.807, 2.05) is 73.6 Å². The first-order chi connectivity index (χ1) is 17.6. The van der Waals surface area contributed by atoms with Crippen LogP contribution >= 0.6 is 24.0 Å². The lowest BCUT2D eigenvalue weighted by Crippen LogP contribution is -2.51. The lowest BCUT2D eigenvalue weighted by Gasteiger charge is -2.47. The summed E-state index contributed by atoms with van der Waals surface area (Å²) in [7, 11) is 1.70. The first kappa shape index (κ1) is 30.4. The molecule has 1 saturated carbocycles. The van der Waals surface area contributed by atoms with E-state index in [1.54, 1.807) is 29.6 Å². The predicted molar refractivity (Wildman–Crippen MR) is 154 cm³/mol. The molecule has 4 rings (SSSR count). The molecule has 3 aromatic rings. The maximum absolute atomic E-state index is 14.0. The van der Waals surface area contributed by atoms with Crippen molar-refractivity contribution >= 4 is 34.0 Å². The van der Waals surface area contributed by atoms with E-state index in [0.29, 0.717) is 36.6 Å². The van der Waals surface area contributed by atoms with Crippen molar-refractivity contribution in [2.45, 2.75) is 42.3 Å². The van der Waals surface area contributed by atoms with Crippen molar-refractivity contribution in [2.24, 2.45) is 5.92 Å². The van der Waals surface area contributed by atoms with E-state index >= 15 is 0 Å². The number of aliphatic hydroxyl groups is 1. The van der Waals surface area contributed by atoms with Gasteiger partial charge in [0.25, 0.3) is 0 Å². The van der Waals surface area contributed by atoms with Gasteiger partial charge < -0.3 is 14.7 Å². The van der Waals surface area contributed by atoms with Crippen LogP contribution in [0.25, 0.3) is 0 Å². The molecular weight excluding hydrogens is 543 g/mol. The van der Waals surface area contributed by atoms with Crippen LogP contribution in [0.2, 0.25) is 5.02 Å². The Kier molecular flexibility index (Phi) is 10.3. The number of halogens is 2. The normalized spacial score (nSPS) is 21.8. The molecule has 0 heterocycles. The number of sulfonamides is 1. The summed E-state index contributed by atoms with van der Waals surface area (Å²) in [6.45, 7) is 0.854. The van der Waals surface area contributed by atoms with Gasteiger partial charge in [0.05, 0.1) is 17.6 Å². The van der Waals surface area contributed by atoms with E-state index in [-0.39, 0.29) is 35.8 Å². The zero-order valence-corrected chi connectivity index (χ0v) is 24.3. The first-order valence-electron chi connectivity index (χ1n) is 12.5. The van der Waals surface area contributed by atoms with Crippen LogP contribution in [0.3, 0.4) is 0 Å². The summed E-state index contributed by atoms with van der Waals surface area (Å²) in [5.74, 6) is 0.493. The molecule has 0 unspecified atom stereocenters. The summed E-state index contributed by atoms with van der Waals surface area (Å²) in [6.07, 6.45) is 1.46. The molecule has 0 radical (unpaired) electrons. The van der Waals surface area contributed by atoms with Crippen LogP contribution in [-0.4, -0.2) is 56.5 Å². The fraction of sp³-hybridized carbons (Fsp3) is 0.379. The van der Waals surface area contributed by atoms with Gasteiger partial charge in [0.1, 0.15) is 5.75 Å². The molecule has 0 saturated heterocycles. The molecule has 3 atom stereocenters. The minimum absolute atomic E-state index is 0. The van der Waals surface area contributed by atoms with Crippen molar-refractivity contribution in [1.82, 2.24) is 9.21 Å². The highest BCUT2D eigenvalue weighted by atomic mass is 35.5. The van der Waals surface area contributed by atoms with Crippen molar-refractivity contribution in [3.63, 3.8) is 0 Å². The van der Waals surface area contributed by atoms with Gasteiger partial charge in [-0.05, 0) is 74.8 Å². The summed E-state index contributed by atoms with van der Waals surface area (Å²) < 4.78 is 35.0. The molecule has 1 aliphatic rings. The van der Waals surface area contributed by atoms with Crippen LogP contribution in [0.15, 0.2) is 83.8 Å². The highest BCUT2D eigenvalue weighted by Crippen LogP contribution is 2.45. The molecule has 3 aromatic carbocycles. The van der Waals surface area contributed by atoms with Crippen molar-refractivity contribution < 1.29 is 18.3 Å². The molecule has 1 aliphatic carbocycles. The van der Waals surface area contributed by atoms with Crippen LogP contribution in [0, 0.1) is 5.92 Å². The molecule has 0 spiro atoms. The van der Waals surface area contributed by atoms with Gasteiger partial charge in [-0.2, -0.15) is 4.31 Å². The molecule has 206 valence electrons. The fourth-order valence-electron chi connectivity index (χ4n) is 5.37. The highest BCUT2D eigenvalue weighted by molar-refractivity contribution is 7.89. The third-order valence-corrected chi connectivity index (χ3v) is 9.37. The fourth-order valence-corrected chi connectivity index (χ4v) is 7.32. The van der Waals surface area contributed by atoms with Crippen LogP contribution in [0.4, 0.5) is 0 Å². The smallest absolute Gasteiger partial charge is 0.243 e. The molecule has 1 N–H and O–H groups in total. The predicted octanol–water partition coefficient (Wildman–Crippen LogP) is 5.58. The maximum Gasteiger partial charge on any atom is 0.243 e. The number of hydrogen-bond acceptors (Lipinski definition) is 5. The Hall–Kier alpha value is -2.13. The lowest BCUT2D eigenvalue weighted by molar-refractivity contribution is -0.0763. The molecule has 0 amide bonds. The second-order valence-corrected chi connectivity index (χ2v) is 12.4. The zero-order valence-electron chi connectivity index (χ0n) is 22.0. The van der Waals surface area contributed by atoms with E-state index < -0.39 is 15.6 Å². The van der Waals surface area contributed by atoms with Gasteiger partial charge in [-0.3, -0.25) is 0 Å². The van der Waals surface area contributed by atoms with Crippen LogP contribution in [0.5, 0.6) is 5.75 Å². The largest absolute Gasteiger partial charge is 0.497 e. The molecular formula is C29H36Cl2N2O4S. The Morgan fingerprint density at radius 2 is 1.74 bits per heavy atom. The van der Waals surface area contributed by atoms with Gasteiger partial charge in [0.2, 0.25) is 10.0 Å². The molecule has 1 fully saturated rings. The van der Waals surface area contributed by atoms with Gasteiger partial charge in [0.15, 0.2) is 0 Å². The van der Waals surface area contributed by atoms with Crippen molar-refractivity contribution in [2.75, 3.05) is 27.7 Å². The molecule has 0 aromatic heterocycles. The van der Waals surface area contributed by atoms with Crippen LogP contribution in [0.1, 0.15) is 30.4 Å². The number of methoxy groups -OCH3 is 1. The monoisotopic (exact) mass is 578 g/mol. The van der Waals surface area contributed by atoms with Gasteiger partial charge in [-0.15, -0.1) is 12.4 Å². The Bertz CT molecular complexity index is 1310. The van der Waals surface area contributed by atoms with Crippen molar-refractivity contribution in [1.29, 1.82) is 0 Å². The summed E-state index contributed by atoms with van der Waals surface area (Å²) in [5.41, 5.74) is 0.600. The second-order valence-electron chi connectivity index (χ2n) is 10.0. The summed E-state index contributed by atoms with van der Waals surface area (Å²) in [6, 6.07) is 23.3. The average Bonchev–Trinajstić information content (AvgIpc) is 2.89. The molecule has 6 nitrogen and oxygen atoms in total. The number of benzene rings is 3. The van der Waals surface area contributed by atoms with E-state index in [9.17, 15) is 13.5 Å². The third-order valence-electron chi connectivity index (χ3n) is 7.24. The number of hydrogen-bond donors (Lipinski definition) is 1. The van der Waals surface area contributed by atoms with E-state index in [4.69, 9.17) is 16.3 Å². The van der Waals surface area contributed by atoms with E-state index in [2.05, 4.69) is 0 Å². The minimum atomic E-state index is -3.85. The summed E-state index contributed by atoms with van der Waals surface area (Å²) >= 11 is 6.18. The highest BCUT2D eigenvalue weighted by Gasteiger charge is 2.47. The standard InChI is InChI=1S/C29H35ClN2O4S.ClH/c1-31(2)21-24-17-26(15-16-29(24,33)23-11-7-13-27(18-23)36-3)32(20-22-9-5-4-6-10-22)37(34,35)28-14-8-12-25(30)19-28;/h4-14,18-19,24,26,33H,15-17,20-21H2,1-3H3;1H/t24-,26+,29+;/m0./s1. The van der Waals surface area contributed by atoms with Crippen LogP contribution in [-0.2, 0) is 22.2 Å². The Morgan fingerprint density at radius 1 is 1.03 bits per heavy atom. The Labute approximate surface area is 237 Å². The quantitative estimate of drug-likeness (QED) is 0.359. The van der Waals surface area contributed by atoms with Gasteiger partial charge in [0, 0.05) is 30.1 Å². The maximum atomic E-state index is 14.0. The zero-order chi connectivity index (χ0) is 26.6. The first-order valence-corrected chi connectivity index (χ1v) is 14.3. The topological polar surface area (TPSA) is 70.1 Å². The Morgan fingerprint density at radius 3 is 2.39 bits per heavy atom.